The lowest BCUT2D eigenvalue weighted by Gasteiger charge is -2.59. The van der Waals surface area contributed by atoms with E-state index < -0.39 is 14.4 Å². The van der Waals surface area contributed by atoms with Crippen LogP contribution in [0.15, 0.2) is 11.8 Å². The summed E-state index contributed by atoms with van der Waals surface area (Å²) in [4.78, 5) is 28.2. The molecule has 0 radical (unpaired) electrons. The first-order valence-electron chi connectivity index (χ1n) is 15.4. The molecular weight excluding hydrogens is 490 g/mol. The van der Waals surface area contributed by atoms with E-state index in [2.05, 4.69) is 82.2 Å². The van der Waals surface area contributed by atoms with Crippen LogP contribution in [-0.2, 0) is 9.22 Å². The van der Waals surface area contributed by atoms with Gasteiger partial charge in [0.25, 0.3) is 0 Å². The molecule has 0 bridgehead atoms. The summed E-state index contributed by atoms with van der Waals surface area (Å²) in [5.41, 5.74) is 1.88. The zero-order valence-corrected chi connectivity index (χ0v) is 27.1. The van der Waals surface area contributed by atoms with Gasteiger partial charge in [-0.2, -0.15) is 0 Å². The summed E-state index contributed by atoms with van der Waals surface area (Å²) >= 11 is 0. The molecule has 4 rings (SSSR count). The topological polar surface area (TPSA) is 66.8 Å². The van der Waals surface area contributed by atoms with Gasteiger partial charge in [0, 0.05) is 29.0 Å². The van der Waals surface area contributed by atoms with Gasteiger partial charge in [0.05, 0.1) is 6.10 Å². The van der Waals surface area contributed by atoms with Crippen LogP contribution in [0.25, 0.3) is 0 Å². The largest absolute Gasteiger partial charge is 0.465 e. The van der Waals surface area contributed by atoms with Crippen LogP contribution in [0.1, 0.15) is 108 Å². The lowest BCUT2D eigenvalue weighted by atomic mass is 9.50. The van der Waals surface area contributed by atoms with Crippen molar-refractivity contribution in [2.45, 2.75) is 131 Å². The van der Waals surface area contributed by atoms with E-state index in [1.807, 2.05) is 0 Å². The Morgan fingerprint density at radius 2 is 1.55 bits per heavy atom. The fourth-order valence-electron chi connectivity index (χ4n) is 9.95. The SMILES string of the molecule is CC(C)[Si](O[C@@H]1C=C2N(C(=O)O)C[C@@H]3[C@H](CC[C@]4(C)C(=O)C(C(C)(C)C)C[C@@H]34)[C@@]2(C)CC1)(C(C)C)C(C)C. The Morgan fingerprint density at radius 3 is 2.05 bits per heavy atom. The molecule has 3 fully saturated rings. The molecule has 1 aliphatic heterocycles. The Kier molecular flexibility index (Phi) is 7.65. The van der Waals surface area contributed by atoms with E-state index >= 15 is 0 Å². The maximum absolute atomic E-state index is 13.7. The average molecular weight is 546 g/mol. The molecule has 2 saturated carbocycles. The van der Waals surface area contributed by atoms with E-state index in [4.69, 9.17) is 4.43 Å². The second kappa shape index (κ2) is 9.75. The number of carbonyl (C=O) groups excluding carboxylic acids is 1. The van der Waals surface area contributed by atoms with Crippen molar-refractivity contribution in [3.63, 3.8) is 0 Å². The molecule has 1 saturated heterocycles. The molecule has 6 heteroatoms. The molecule has 1 N–H and O–H groups in total. The van der Waals surface area contributed by atoms with E-state index in [0.717, 1.165) is 37.8 Å². The molecule has 3 aliphatic carbocycles. The first kappa shape index (κ1) is 29.8. The lowest BCUT2D eigenvalue weighted by Crippen LogP contribution is -2.59. The van der Waals surface area contributed by atoms with Gasteiger partial charge in [0.2, 0.25) is 8.32 Å². The first-order chi connectivity index (χ1) is 17.4. The highest BCUT2D eigenvalue weighted by molar-refractivity contribution is 6.77. The molecule has 1 unspecified atom stereocenters. The van der Waals surface area contributed by atoms with Crippen molar-refractivity contribution >= 4 is 20.2 Å². The van der Waals surface area contributed by atoms with Crippen molar-refractivity contribution in [3.05, 3.63) is 11.8 Å². The van der Waals surface area contributed by atoms with Gasteiger partial charge in [0.15, 0.2) is 0 Å². The van der Waals surface area contributed by atoms with Gasteiger partial charge < -0.3 is 9.53 Å². The summed E-state index contributed by atoms with van der Waals surface area (Å²) < 4.78 is 7.17. The Morgan fingerprint density at radius 1 is 1.00 bits per heavy atom. The lowest BCUT2D eigenvalue weighted by molar-refractivity contribution is -0.137. The van der Waals surface area contributed by atoms with Crippen LogP contribution in [0.3, 0.4) is 0 Å². The third-order valence-electron chi connectivity index (χ3n) is 11.9. The molecule has 5 nitrogen and oxygen atoms in total. The molecule has 1 amide bonds. The van der Waals surface area contributed by atoms with Crippen LogP contribution in [-0.4, -0.2) is 42.8 Å². The van der Waals surface area contributed by atoms with Crippen molar-refractivity contribution in [1.29, 1.82) is 0 Å². The molecular formula is C32H55NO4Si. The van der Waals surface area contributed by atoms with Gasteiger partial charge >= 0.3 is 6.09 Å². The number of carboxylic acid groups (broad SMARTS) is 1. The fourth-order valence-corrected chi connectivity index (χ4v) is 15.5. The van der Waals surface area contributed by atoms with Gasteiger partial charge in [0.1, 0.15) is 5.78 Å². The zero-order valence-electron chi connectivity index (χ0n) is 26.1. The third kappa shape index (κ3) is 4.35. The summed E-state index contributed by atoms with van der Waals surface area (Å²) in [5, 5.41) is 10.5. The molecule has 216 valence electrons. The molecule has 1 heterocycles. The summed E-state index contributed by atoms with van der Waals surface area (Å²) in [6, 6.07) is 0. The minimum Gasteiger partial charge on any atom is -0.465 e. The molecule has 0 spiro atoms. The normalized spacial score (nSPS) is 37.8. The van der Waals surface area contributed by atoms with Gasteiger partial charge in [-0.15, -0.1) is 0 Å². The van der Waals surface area contributed by atoms with Gasteiger partial charge in [-0.1, -0.05) is 76.2 Å². The standard InChI is InChI=1S/C32H55NO4Si/c1-19(2)38(20(3)4,21(5)6)37-22-12-14-31(10)24-13-15-32(11)25(17-26(28(32)34)30(7,8)9)23(24)18-33(29(35)36)27(31)16-22/h16,19-26H,12-15,17-18H2,1-11H3,(H,35,36)/t22-,23+,24-,25-,26?,31+,32-/m0/s1. The summed E-state index contributed by atoms with van der Waals surface area (Å²) in [5.74, 6) is 1.39. The number of rotatable bonds is 5. The van der Waals surface area contributed by atoms with Crippen molar-refractivity contribution in [2.24, 2.45) is 39.9 Å². The average Bonchev–Trinajstić information content (AvgIpc) is 3.07. The number of ketones is 1. The van der Waals surface area contributed by atoms with Gasteiger partial charge in [-0.25, -0.2) is 4.79 Å². The predicted molar refractivity (Wildman–Crippen MR) is 156 cm³/mol. The number of hydrogen-bond donors (Lipinski definition) is 1. The van der Waals surface area contributed by atoms with E-state index in [0.29, 0.717) is 34.9 Å². The van der Waals surface area contributed by atoms with Gasteiger partial charge in [-0.3, -0.25) is 9.69 Å². The van der Waals surface area contributed by atoms with E-state index in [1.54, 1.807) is 4.90 Å². The number of amides is 1. The minimum atomic E-state index is -2.09. The smallest absolute Gasteiger partial charge is 0.411 e. The molecule has 38 heavy (non-hydrogen) atoms. The monoisotopic (exact) mass is 545 g/mol. The van der Waals surface area contributed by atoms with E-state index in [-0.39, 0.29) is 40.1 Å². The highest BCUT2D eigenvalue weighted by Crippen LogP contribution is 2.65. The highest BCUT2D eigenvalue weighted by Gasteiger charge is 2.64. The van der Waals surface area contributed by atoms with Crippen molar-refractivity contribution < 1.29 is 19.1 Å². The summed E-state index contributed by atoms with van der Waals surface area (Å²) in [6.07, 6.45) is 6.08. The Balaban J connectivity index is 1.71. The second-order valence-electron chi connectivity index (χ2n) is 15.7. The minimum absolute atomic E-state index is 0.0254. The number of Topliss-reactive ketones (excluding diaryl/α,β-unsaturated/α-hetero) is 1. The maximum atomic E-state index is 13.7. The van der Waals surface area contributed by atoms with E-state index in [9.17, 15) is 14.7 Å². The first-order valence-corrected chi connectivity index (χ1v) is 17.5. The third-order valence-corrected chi connectivity index (χ3v) is 18.0. The quantitative estimate of drug-likeness (QED) is 0.352. The molecule has 7 atom stereocenters. The van der Waals surface area contributed by atoms with Crippen LogP contribution < -0.4 is 0 Å². The number of carbonyl (C=O) groups is 2. The highest BCUT2D eigenvalue weighted by atomic mass is 28.4. The van der Waals surface area contributed by atoms with Crippen LogP contribution in [0.5, 0.6) is 0 Å². The van der Waals surface area contributed by atoms with Crippen molar-refractivity contribution in [2.75, 3.05) is 6.54 Å². The number of hydrogen-bond acceptors (Lipinski definition) is 3. The zero-order chi connectivity index (χ0) is 28.6. The maximum Gasteiger partial charge on any atom is 0.411 e. The van der Waals surface area contributed by atoms with Crippen LogP contribution in [0, 0.1) is 39.9 Å². The number of nitrogens with zero attached hydrogens (tertiary/aromatic N) is 1. The Hall–Kier alpha value is -1.14. The Bertz CT molecular complexity index is 959. The van der Waals surface area contributed by atoms with Crippen LogP contribution >= 0.6 is 0 Å². The molecule has 0 aromatic carbocycles. The molecule has 4 aliphatic rings. The predicted octanol–water partition coefficient (Wildman–Crippen LogP) is 8.51. The summed E-state index contributed by atoms with van der Waals surface area (Å²) in [7, 11) is -2.09. The van der Waals surface area contributed by atoms with Crippen molar-refractivity contribution in [3.8, 4) is 0 Å². The number of fused-ring (bicyclic) bond motifs is 5. The van der Waals surface area contributed by atoms with Gasteiger partial charge in [-0.05, 0) is 78.0 Å². The van der Waals surface area contributed by atoms with E-state index in [1.165, 1.54) is 0 Å². The molecule has 0 aromatic heterocycles. The molecule has 0 aromatic rings. The second-order valence-corrected chi connectivity index (χ2v) is 21.1. The number of piperidine rings is 1. The van der Waals surface area contributed by atoms with Crippen LogP contribution in [0.2, 0.25) is 16.6 Å². The van der Waals surface area contributed by atoms with Crippen molar-refractivity contribution in [1.82, 2.24) is 4.90 Å². The fraction of sp³-hybridized carbons (Fsp3) is 0.875. The number of likely N-dealkylation sites (tertiary alicyclic amines) is 1. The van der Waals surface area contributed by atoms with Crippen LogP contribution in [0.4, 0.5) is 4.79 Å². The number of allylic oxidation sites excluding steroid dienone is 1. The summed E-state index contributed by atoms with van der Waals surface area (Å²) in [6.45, 7) is 25.5. The Labute approximate surface area is 233 Å².